The summed E-state index contributed by atoms with van der Waals surface area (Å²) >= 11 is 0. The predicted octanol–water partition coefficient (Wildman–Crippen LogP) is 6.24. The van der Waals surface area contributed by atoms with Crippen LogP contribution in [0.3, 0.4) is 0 Å². The molecule has 37 heavy (non-hydrogen) atoms. The van der Waals surface area contributed by atoms with Gasteiger partial charge in [0.15, 0.2) is 0 Å². The van der Waals surface area contributed by atoms with E-state index in [1.807, 2.05) is 54.1 Å². The molecule has 8 heteroatoms. The maximum atomic E-state index is 12.3. The molecule has 0 unspecified atom stereocenters. The molecule has 2 fully saturated rings. The third kappa shape index (κ3) is 4.88. The Morgan fingerprint density at radius 3 is 2.65 bits per heavy atom. The van der Waals surface area contributed by atoms with Crippen molar-refractivity contribution in [2.75, 3.05) is 17.7 Å². The molecule has 0 bridgehead atoms. The zero-order valence-corrected chi connectivity index (χ0v) is 21.1. The van der Waals surface area contributed by atoms with E-state index in [0.29, 0.717) is 24.3 Å². The molecule has 3 N–H and O–H groups in total. The molecule has 2 aliphatic carbocycles. The molecule has 0 saturated heterocycles. The predicted molar refractivity (Wildman–Crippen MR) is 145 cm³/mol. The average Bonchev–Trinajstić information content (AvgIpc) is 3.52. The molecule has 2 aromatic carbocycles. The first kappa shape index (κ1) is 23.5. The number of hydrogen-bond acceptors (Lipinski definition) is 5. The molecule has 8 nitrogen and oxygen atoms in total. The number of anilines is 2. The number of benzene rings is 2. The number of ether oxygens (including phenoxy) is 2. The Kier molecular flexibility index (Phi) is 6.24. The monoisotopic (exact) mass is 499 g/mol. The summed E-state index contributed by atoms with van der Waals surface area (Å²) in [5.74, 6) is 1.31. The van der Waals surface area contributed by atoms with Crippen molar-refractivity contribution >= 4 is 28.4 Å². The summed E-state index contributed by atoms with van der Waals surface area (Å²) < 4.78 is 15.9. The van der Waals surface area contributed by atoms with Gasteiger partial charge in [0, 0.05) is 35.1 Å². The first-order chi connectivity index (χ1) is 18.1. The first-order valence-corrected chi connectivity index (χ1v) is 13.2. The van der Waals surface area contributed by atoms with Gasteiger partial charge in [0.05, 0.1) is 29.8 Å². The van der Waals surface area contributed by atoms with Gasteiger partial charge >= 0.3 is 6.09 Å². The summed E-state index contributed by atoms with van der Waals surface area (Å²) in [4.78, 5) is 16.3. The number of nitrogens with one attached hydrogen (secondary N) is 1. The molecule has 2 aliphatic rings. The summed E-state index contributed by atoms with van der Waals surface area (Å²) in [5.41, 5.74) is 11.4. The highest BCUT2D eigenvalue weighted by Crippen LogP contribution is 2.45. The fourth-order valence-electron chi connectivity index (χ4n) is 5.10. The quantitative estimate of drug-likeness (QED) is 0.284. The van der Waals surface area contributed by atoms with Crippen molar-refractivity contribution in [3.63, 3.8) is 0 Å². The molecule has 1 amide bonds. The van der Waals surface area contributed by atoms with Gasteiger partial charge in [-0.2, -0.15) is 0 Å². The highest BCUT2D eigenvalue weighted by Gasteiger charge is 2.31. The van der Waals surface area contributed by atoms with Crippen LogP contribution >= 0.6 is 0 Å². The molecule has 0 spiro atoms. The summed E-state index contributed by atoms with van der Waals surface area (Å²) in [7, 11) is 0. The normalized spacial score (nSPS) is 16.4. The van der Waals surface area contributed by atoms with Crippen LogP contribution in [0.2, 0.25) is 0 Å². The number of rotatable bonds is 9. The third-order valence-electron chi connectivity index (χ3n) is 7.61. The van der Waals surface area contributed by atoms with E-state index < -0.39 is 6.09 Å². The number of fused-ring (bicyclic) bond motifs is 1. The fraction of sp³-hybridized carbons (Fsp3) is 0.379. The highest BCUT2D eigenvalue weighted by molar-refractivity contribution is 6.02. The van der Waals surface area contributed by atoms with Gasteiger partial charge in [-0.3, -0.25) is 5.32 Å². The number of amides is 1. The van der Waals surface area contributed by atoms with Crippen LogP contribution in [0.1, 0.15) is 45.1 Å². The Balaban J connectivity index is 1.24. The lowest BCUT2D eigenvalue weighted by atomic mass is 9.92. The first-order valence-electron chi connectivity index (χ1n) is 13.2. The lowest BCUT2D eigenvalue weighted by Crippen LogP contribution is -2.21. The van der Waals surface area contributed by atoms with E-state index in [-0.39, 0.29) is 6.10 Å². The summed E-state index contributed by atoms with van der Waals surface area (Å²) in [6.45, 7) is 3.24. The number of aromatic nitrogens is 3. The SMILES string of the molecule is C[C@@H](OC(=O)Nc1ccc(-c2c(N)c3cc(OCCn4ccnc4)ccc3n2C2CCC2)cc1)C1CC1. The molecular formula is C29H33N5O3. The maximum Gasteiger partial charge on any atom is 0.411 e. The second-order valence-electron chi connectivity index (χ2n) is 10.2. The Labute approximate surface area is 216 Å². The second-order valence-corrected chi connectivity index (χ2v) is 10.2. The van der Waals surface area contributed by atoms with Gasteiger partial charge in [-0.25, -0.2) is 9.78 Å². The number of carbonyl (C=O) groups is 1. The molecule has 2 saturated carbocycles. The summed E-state index contributed by atoms with van der Waals surface area (Å²) in [5, 5.41) is 3.85. The molecular weight excluding hydrogens is 466 g/mol. The number of nitrogen functional groups attached to an aromatic ring is 1. The number of hydrogen-bond donors (Lipinski definition) is 2. The molecule has 1 atom stereocenters. The Bertz CT molecular complexity index is 1390. The lowest BCUT2D eigenvalue weighted by molar-refractivity contribution is 0.108. The minimum Gasteiger partial charge on any atom is -0.492 e. The average molecular weight is 500 g/mol. The van der Waals surface area contributed by atoms with Crippen LogP contribution < -0.4 is 15.8 Å². The number of carbonyl (C=O) groups excluding carboxylic acids is 1. The van der Waals surface area contributed by atoms with Gasteiger partial charge in [-0.05, 0) is 75.3 Å². The van der Waals surface area contributed by atoms with Crippen LogP contribution in [-0.4, -0.2) is 32.9 Å². The van der Waals surface area contributed by atoms with Crippen LogP contribution in [0.15, 0.2) is 61.2 Å². The molecule has 192 valence electrons. The number of imidazole rings is 1. The van der Waals surface area contributed by atoms with E-state index in [9.17, 15) is 4.79 Å². The van der Waals surface area contributed by atoms with E-state index in [0.717, 1.165) is 65.8 Å². The Hall–Kier alpha value is -3.94. The Morgan fingerprint density at radius 1 is 1.16 bits per heavy atom. The van der Waals surface area contributed by atoms with Gasteiger partial charge in [-0.1, -0.05) is 12.1 Å². The Morgan fingerprint density at radius 2 is 1.97 bits per heavy atom. The molecule has 0 aliphatic heterocycles. The van der Waals surface area contributed by atoms with Crippen LogP contribution in [0.25, 0.3) is 22.2 Å². The van der Waals surface area contributed by atoms with E-state index in [1.165, 1.54) is 6.42 Å². The maximum absolute atomic E-state index is 12.3. The van der Waals surface area contributed by atoms with Crippen molar-refractivity contribution in [1.29, 1.82) is 0 Å². The number of nitrogens with two attached hydrogens (primary N) is 1. The van der Waals surface area contributed by atoms with Gasteiger partial charge in [0.1, 0.15) is 18.5 Å². The molecule has 6 rings (SSSR count). The zero-order chi connectivity index (χ0) is 25.4. The molecule has 2 heterocycles. The third-order valence-corrected chi connectivity index (χ3v) is 7.61. The van der Waals surface area contributed by atoms with Crippen LogP contribution in [-0.2, 0) is 11.3 Å². The van der Waals surface area contributed by atoms with Gasteiger partial charge in [0.25, 0.3) is 0 Å². The zero-order valence-electron chi connectivity index (χ0n) is 21.1. The van der Waals surface area contributed by atoms with Crippen molar-refractivity contribution in [2.45, 2.75) is 57.7 Å². The molecule has 2 aromatic heterocycles. The van der Waals surface area contributed by atoms with Crippen LogP contribution in [0.4, 0.5) is 16.2 Å². The minimum atomic E-state index is -0.407. The van der Waals surface area contributed by atoms with E-state index in [1.54, 1.807) is 12.5 Å². The van der Waals surface area contributed by atoms with Crippen molar-refractivity contribution in [1.82, 2.24) is 14.1 Å². The molecule has 0 radical (unpaired) electrons. The van der Waals surface area contributed by atoms with E-state index >= 15 is 0 Å². The van der Waals surface area contributed by atoms with E-state index in [4.69, 9.17) is 15.2 Å². The van der Waals surface area contributed by atoms with Gasteiger partial charge in [0.2, 0.25) is 0 Å². The summed E-state index contributed by atoms with van der Waals surface area (Å²) in [6.07, 6.45) is 10.8. The van der Waals surface area contributed by atoms with Crippen molar-refractivity contribution in [2.24, 2.45) is 5.92 Å². The largest absolute Gasteiger partial charge is 0.492 e. The second kappa shape index (κ2) is 9.84. The molecule has 4 aromatic rings. The van der Waals surface area contributed by atoms with Gasteiger partial charge in [-0.15, -0.1) is 0 Å². The topological polar surface area (TPSA) is 96.3 Å². The minimum absolute atomic E-state index is 0.0444. The van der Waals surface area contributed by atoms with Crippen molar-refractivity contribution in [3.05, 3.63) is 61.2 Å². The van der Waals surface area contributed by atoms with Crippen LogP contribution in [0.5, 0.6) is 5.75 Å². The number of nitrogens with zero attached hydrogens (tertiary/aromatic N) is 3. The van der Waals surface area contributed by atoms with Crippen molar-refractivity contribution < 1.29 is 14.3 Å². The highest BCUT2D eigenvalue weighted by atomic mass is 16.6. The summed E-state index contributed by atoms with van der Waals surface area (Å²) in [6, 6.07) is 14.5. The van der Waals surface area contributed by atoms with Gasteiger partial charge < -0.3 is 24.3 Å². The van der Waals surface area contributed by atoms with Crippen LogP contribution in [0, 0.1) is 5.92 Å². The standard InChI is InChI=1S/C29H33N5O3/c1-19(20-5-6-20)37-29(35)32-22-9-7-21(8-10-22)28-27(30)25-17-24(36-16-15-33-14-13-31-18-33)11-12-26(25)34(28)23-3-2-4-23/h7-14,17-20,23H,2-6,15-16,30H2,1H3,(H,32,35)/t19-/m1/s1. The van der Waals surface area contributed by atoms with Crippen molar-refractivity contribution in [3.8, 4) is 17.0 Å². The van der Waals surface area contributed by atoms with E-state index in [2.05, 4.69) is 20.9 Å². The fourth-order valence-corrected chi connectivity index (χ4v) is 5.10. The lowest BCUT2D eigenvalue weighted by Gasteiger charge is -2.30. The smallest absolute Gasteiger partial charge is 0.411 e.